The van der Waals surface area contributed by atoms with Crippen LogP contribution in [0.1, 0.15) is 58.3 Å². The van der Waals surface area contributed by atoms with E-state index in [1.807, 2.05) is 49.9 Å². The predicted molar refractivity (Wildman–Crippen MR) is 106 cm³/mol. The highest BCUT2D eigenvalue weighted by atomic mass is 16.6. The summed E-state index contributed by atoms with van der Waals surface area (Å²) >= 11 is 0. The first kappa shape index (κ1) is 20.2. The van der Waals surface area contributed by atoms with Crippen LogP contribution in [0.15, 0.2) is 28.7 Å². The van der Waals surface area contributed by atoms with Gasteiger partial charge < -0.3 is 19.4 Å². The average molecular weight is 387 g/mol. The highest BCUT2D eigenvalue weighted by Crippen LogP contribution is 2.30. The van der Waals surface area contributed by atoms with E-state index in [9.17, 15) is 9.59 Å². The maximum atomic E-state index is 12.4. The third kappa shape index (κ3) is 5.47. The molecule has 1 aliphatic rings. The zero-order chi connectivity index (χ0) is 20.1. The lowest BCUT2D eigenvalue weighted by atomic mass is 9.96. The number of nitrogens with one attached hydrogen (secondary N) is 1. The first-order valence-electron chi connectivity index (χ1n) is 9.92. The second-order valence-corrected chi connectivity index (χ2v) is 8.21. The third-order valence-electron chi connectivity index (χ3n) is 4.74. The molecule has 7 nitrogen and oxygen atoms in total. The molecule has 7 heteroatoms. The van der Waals surface area contributed by atoms with Crippen molar-refractivity contribution in [3.05, 3.63) is 30.2 Å². The molecule has 3 rings (SSSR count). The molecule has 0 atom stereocenters. The van der Waals surface area contributed by atoms with E-state index in [0.29, 0.717) is 32.5 Å². The average Bonchev–Trinajstić information content (AvgIpc) is 3.08. The molecule has 2 aromatic rings. The molecule has 0 unspecified atom stereocenters. The normalized spacial score (nSPS) is 15.6. The zero-order valence-corrected chi connectivity index (χ0v) is 16.9. The summed E-state index contributed by atoms with van der Waals surface area (Å²) in [5.74, 6) is 1.15. The van der Waals surface area contributed by atoms with Crippen LogP contribution in [-0.4, -0.2) is 47.1 Å². The summed E-state index contributed by atoms with van der Waals surface area (Å²) in [4.78, 5) is 30.5. The summed E-state index contributed by atoms with van der Waals surface area (Å²) in [6.45, 7) is 7.31. The van der Waals surface area contributed by atoms with Crippen LogP contribution in [-0.2, 0) is 9.53 Å². The lowest BCUT2D eigenvalue weighted by Crippen LogP contribution is -2.38. The maximum Gasteiger partial charge on any atom is 0.407 e. The van der Waals surface area contributed by atoms with Gasteiger partial charge in [0.15, 0.2) is 11.5 Å². The number of amides is 2. The van der Waals surface area contributed by atoms with Gasteiger partial charge in [-0.2, -0.15) is 0 Å². The number of hydrogen-bond acceptors (Lipinski definition) is 5. The van der Waals surface area contributed by atoms with Gasteiger partial charge in [0.25, 0.3) is 0 Å². The van der Waals surface area contributed by atoms with E-state index in [-0.39, 0.29) is 11.8 Å². The van der Waals surface area contributed by atoms with Gasteiger partial charge in [0.05, 0.1) is 0 Å². The number of likely N-dealkylation sites (tertiary alicyclic amines) is 1. The van der Waals surface area contributed by atoms with Crippen LogP contribution in [0.3, 0.4) is 0 Å². The van der Waals surface area contributed by atoms with E-state index in [4.69, 9.17) is 9.15 Å². The minimum absolute atomic E-state index is 0.127. The van der Waals surface area contributed by atoms with Gasteiger partial charge in [0.2, 0.25) is 5.91 Å². The summed E-state index contributed by atoms with van der Waals surface area (Å²) in [5, 5.41) is 2.69. The predicted octanol–water partition coefficient (Wildman–Crippen LogP) is 3.84. The highest BCUT2D eigenvalue weighted by molar-refractivity contribution is 5.76. The summed E-state index contributed by atoms with van der Waals surface area (Å²) in [5.41, 5.74) is 1.18. The number of para-hydroxylation sites is 2. The second-order valence-electron chi connectivity index (χ2n) is 8.21. The number of aromatic nitrogens is 1. The van der Waals surface area contributed by atoms with Crippen molar-refractivity contribution in [3.63, 3.8) is 0 Å². The van der Waals surface area contributed by atoms with Gasteiger partial charge >= 0.3 is 6.09 Å². The Kier molecular flexibility index (Phi) is 6.21. The Labute approximate surface area is 165 Å². The summed E-state index contributed by atoms with van der Waals surface area (Å²) in [6.07, 6.45) is 2.29. The van der Waals surface area contributed by atoms with Crippen LogP contribution in [0.2, 0.25) is 0 Å². The lowest BCUT2D eigenvalue weighted by molar-refractivity contribution is -0.132. The zero-order valence-electron chi connectivity index (χ0n) is 16.9. The monoisotopic (exact) mass is 387 g/mol. The Morgan fingerprint density at radius 3 is 2.64 bits per heavy atom. The number of ether oxygens (including phenoxy) is 1. The Bertz CT molecular complexity index is 783. The molecule has 0 saturated carbocycles. The summed E-state index contributed by atoms with van der Waals surface area (Å²) in [6, 6.07) is 7.77. The Balaban J connectivity index is 1.38. The molecule has 0 spiro atoms. The fourth-order valence-electron chi connectivity index (χ4n) is 3.34. The van der Waals surface area contributed by atoms with E-state index < -0.39 is 11.7 Å². The number of alkyl carbamates (subject to hydrolysis) is 1. The van der Waals surface area contributed by atoms with Crippen molar-refractivity contribution in [1.82, 2.24) is 15.2 Å². The van der Waals surface area contributed by atoms with Gasteiger partial charge in [0, 0.05) is 32.0 Å². The molecule has 2 amide bonds. The van der Waals surface area contributed by atoms with E-state index in [1.54, 1.807) is 0 Å². The molecule has 1 aromatic carbocycles. The first-order valence-corrected chi connectivity index (χ1v) is 9.92. The van der Waals surface area contributed by atoms with Crippen molar-refractivity contribution in [2.75, 3.05) is 19.6 Å². The van der Waals surface area contributed by atoms with Crippen LogP contribution in [0.25, 0.3) is 11.1 Å². The van der Waals surface area contributed by atoms with Crippen molar-refractivity contribution < 1.29 is 18.7 Å². The van der Waals surface area contributed by atoms with Crippen molar-refractivity contribution >= 4 is 23.1 Å². The number of nitrogens with zero attached hydrogens (tertiary/aromatic N) is 2. The van der Waals surface area contributed by atoms with Crippen molar-refractivity contribution in [1.29, 1.82) is 0 Å². The van der Waals surface area contributed by atoms with E-state index in [0.717, 1.165) is 29.8 Å². The molecular weight excluding hydrogens is 358 g/mol. The molecular formula is C21H29N3O4. The number of fused-ring (bicyclic) bond motifs is 1. The standard InChI is InChI=1S/C21H29N3O4/c1-21(2,3)28-20(26)22-12-6-9-18(25)24-13-10-15(11-14-24)19-23-16-7-4-5-8-17(16)27-19/h4-5,7-8,15H,6,9-14H2,1-3H3,(H,22,26). The Morgan fingerprint density at radius 2 is 1.96 bits per heavy atom. The Hall–Kier alpha value is -2.57. The van der Waals surface area contributed by atoms with Gasteiger partial charge in [-0.3, -0.25) is 4.79 Å². The van der Waals surface area contributed by atoms with E-state index in [1.165, 1.54) is 0 Å². The number of oxazole rings is 1. The number of carbonyl (C=O) groups excluding carboxylic acids is 2. The number of carbonyl (C=O) groups is 2. The SMILES string of the molecule is CC(C)(C)OC(=O)NCCCC(=O)N1CCC(c2nc3ccccc3o2)CC1. The molecule has 0 radical (unpaired) electrons. The molecule has 0 aliphatic carbocycles. The topological polar surface area (TPSA) is 84.7 Å². The molecule has 0 bridgehead atoms. The number of hydrogen-bond donors (Lipinski definition) is 1. The van der Waals surface area contributed by atoms with E-state index >= 15 is 0 Å². The van der Waals surface area contributed by atoms with Gasteiger partial charge in [-0.25, -0.2) is 9.78 Å². The minimum atomic E-state index is -0.515. The molecule has 2 heterocycles. The van der Waals surface area contributed by atoms with Crippen LogP contribution in [0.4, 0.5) is 4.79 Å². The lowest BCUT2D eigenvalue weighted by Gasteiger charge is -2.30. The summed E-state index contributed by atoms with van der Waals surface area (Å²) < 4.78 is 11.0. The van der Waals surface area contributed by atoms with Crippen LogP contribution in [0.5, 0.6) is 0 Å². The molecule has 1 fully saturated rings. The third-order valence-corrected chi connectivity index (χ3v) is 4.74. The molecule has 1 aliphatic heterocycles. The van der Waals surface area contributed by atoms with Gasteiger partial charge in [-0.1, -0.05) is 12.1 Å². The van der Waals surface area contributed by atoms with Crippen molar-refractivity contribution in [2.45, 2.75) is 58.0 Å². The quantitative estimate of drug-likeness (QED) is 0.788. The summed E-state index contributed by atoms with van der Waals surface area (Å²) in [7, 11) is 0. The fourth-order valence-corrected chi connectivity index (χ4v) is 3.34. The molecule has 1 aromatic heterocycles. The van der Waals surface area contributed by atoms with Crippen LogP contribution >= 0.6 is 0 Å². The smallest absolute Gasteiger partial charge is 0.407 e. The second kappa shape index (κ2) is 8.63. The largest absolute Gasteiger partial charge is 0.444 e. The molecule has 152 valence electrons. The highest BCUT2D eigenvalue weighted by Gasteiger charge is 2.26. The van der Waals surface area contributed by atoms with E-state index in [2.05, 4.69) is 10.3 Å². The first-order chi connectivity index (χ1) is 13.3. The van der Waals surface area contributed by atoms with Gasteiger partial charge in [0.1, 0.15) is 11.1 Å². The maximum absolute atomic E-state index is 12.4. The van der Waals surface area contributed by atoms with Gasteiger partial charge in [-0.15, -0.1) is 0 Å². The molecule has 1 saturated heterocycles. The van der Waals surface area contributed by atoms with Crippen molar-refractivity contribution in [2.24, 2.45) is 0 Å². The van der Waals surface area contributed by atoms with Gasteiger partial charge in [-0.05, 0) is 52.2 Å². The minimum Gasteiger partial charge on any atom is -0.444 e. The molecule has 28 heavy (non-hydrogen) atoms. The number of benzene rings is 1. The van der Waals surface area contributed by atoms with Crippen LogP contribution in [0, 0.1) is 0 Å². The van der Waals surface area contributed by atoms with Crippen LogP contribution < -0.4 is 5.32 Å². The van der Waals surface area contributed by atoms with Crippen molar-refractivity contribution in [3.8, 4) is 0 Å². The number of piperidine rings is 1. The fraction of sp³-hybridized carbons (Fsp3) is 0.571. The molecule has 1 N–H and O–H groups in total. The number of rotatable bonds is 5. The Morgan fingerprint density at radius 1 is 1.25 bits per heavy atom.